The van der Waals surface area contributed by atoms with Crippen LogP contribution in [0, 0.1) is 0 Å². The number of hydrogen-bond donors (Lipinski definition) is 0. The van der Waals surface area contributed by atoms with Gasteiger partial charge in [0.25, 0.3) is 5.91 Å². The molecule has 1 aromatic heterocycles. The summed E-state index contributed by atoms with van der Waals surface area (Å²) in [6.45, 7) is 10.9. The number of amides is 2. The van der Waals surface area contributed by atoms with Gasteiger partial charge in [-0.3, -0.25) is 9.78 Å². The van der Waals surface area contributed by atoms with Gasteiger partial charge in [0.1, 0.15) is 5.60 Å². The molecule has 1 fully saturated rings. The van der Waals surface area contributed by atoms with Gasteiger partial charge >= 0.3 is 6.09 Å². The molecule has 1 saturated heterocycles. The van der Waals surface area contributed by atoms with Gasteiger partial charge in [-0.15, -0.1) is 0 Å². The van der Waals surface area contributed by atoms with Gasteiger partial charge in [-0.1, -0.05) is 12.1 Å². The molecule has 1 aromatic carbocycles. The van der Waals surface area contributed by atoms with E-state index in [0.717, 1.165) is 11.1 Å². The van der Waals surface area contributed by atoms with Gasteiger partial charge < -0.3 is 14.5 Å². The molecule has 0 radical (unpaired) electrons. The van der Waals surface area contributed by atoms with Gasteiger partial charge in [-0.05, 0) is 70.0 Å². The minimum absolute atomic E-state index is 0.0277. The minimum atomic E-state index is -0.537. The highest BCUT2D eigenvalue weighted by molar-refractivity contribution is 5.95. The van der Waals surface area contributed by atoms with Crippen molar-refractivity contribution in [1.82, 2.24) is 14.8 Å². The van der Waals surface area contributed by atoms with Crippen LogP contribution in [-0.4, -0.2) is 57.6 Å². The second-order valence-electron chi connectivity index (χ2n) is 8.98. The van der Waals surface area contributed by atoms with Crippen LogP contribution in [0.15, 0.2) is 48.8 Å². The topological polar surface area (TPSA) is 62.7 Å². The van der Waals surface area contributed by atoms with E-state index in [1.807, 2.05) is 75.9 Å². The largest absolute Gasteiger partial charge is 0.444 e. The van der Waals surface area contributed by atoms with Crippen molar-refractivity contribution in [1.29, 1.82) is 0 Å². The molecule has 0 N–H and O–H groups in total. The summed E-state index contributed by atoms with van der Waals surface area (Å²) in [4.78, 5) is 33.1. The maximum Gasteiger partial charge on any atom is 0.410 e. The van der Waals surface area contributed by atoms with E-state index in [9.17, 15) is 9.59 Å². The van der Waals surface area contributed by atoms with Crippen LogP contribution in [0.4, 0.5) is 4.79 Å². The number of carbonyl (C=O) groups excluding carboxylic acids is 2. The normalized spacial score (nSPS) is 16.4. The first-order valence-electron chi connectivity index (χ1n) is 9.87. The first kappa shape index (κ1) is 20.8. The number of pyridine rings is 1. The number of nitrogens with zero attached hydrogens (tertiary/aromatic N) is 3. The fourth-order valence-corrected chi connectivity index (χ4v) is 3.52. The molecule has 29 heavy (non-hydrogen) atoms. The highest BCUT2D eigenvalue weighted by Crippen LogP contribution is 2.26. The minimum Gasteiger partial charge on any atom is -0.444 e. The number of benzene rings is 1. The van der Waals surface area contributed by atoms with Gasteiger partial charge in [0.2, 0.25) is 0 Å². The van der Waals surface area contributed by atoms with Crippen molar-refractivity contribution in [3.05, 3.63) is 54.4 Å². The van der Waals surface area contributed by atoms with Crippen molar-refractivity contribution in [2.24, 2.45) is 0 Å². The Bertz CT molecular complexity index is 870. The number of aromatic nitrogens is 1. The maximum atomic E-state index is 13.1. The molecule has 0 atom stereocenters. The Labute approximate surface area is 172 Å². The Kier molecular flexibility index (Phi) is 5.64. The number of carbonyl (C=O) groups is 2. The fraction of sp³-hybridized carbons (Fsp3) is 0.435. The monoisotopic (exact) mass is 395 g/mol. The molecule has 0 aliphatic carbocycles. The van der Waals surface area contributed by atoms with Crippen molar-refractivity contribution < 1.29 is 14.3 Å². The van der Waals surface area contributed by atoms with Crippen molar-refractivity contribution in [3.63, 3.8) is 0 Å². The first-order valence-corrected chi connectivity index (χ1v) is 9.87. The number of ether oxygens (including phenoxy) is 1. The van der Waals surface area contributed by atoms with Crippen LogP contribution in [0.3, 0.4) is 0 Å². The average Bonchev–Trinajstić information content (AvgIpc) is 2.66. The molecule has 3 rings (SSSR count). The molecule has 2 amide bonds. The molecular weight excluding hydrogens is 366 g/mol. The summed E-state index contributed by atoms with van der Waals surface area (Å²) in [6, 6.07) is 11.5. The third-order valence-corrected chi connectivity index (χ3v) is 4.94. The second kappa shape index (κ2) is 7.85. The molecule has 2 aromatic rings. The van der Waals surface area contributed by atoms with E-state index in [1.54, 1.807) is 17.3 Å². The lowest BCUT2D eigenvalue weighted by Crippen LogP contribution is -2.62. The van der Waals surface area contributed by atoms with Crippen molar-refractivity contribution in [2.45, 2.75) is 45.8 Å². The number of rotatable bonds is 2. The van der Waals surface area contributed by atoms with E-state index in [0.29, 0.717) is 25.2 Å². The SMILES string of the molecule is CC(C)(C)OC(=O)N1CCN(C(=O)c2ccc(-c3ccncc3)cc2)C(C)(C)C1. The molecule has 0 unspecified atom stereocenters. The predicted molar refractivity (Wildman–Crippen MR) is 113 cm³/mol. The zero-order valence-electron chi connectivity index (χ0n) is 17.8. The standard InChI is InChI=1S/C23H29N3O3/c1-22(2,3)29-21(28)25-14-15-26(23(4,5)16-25)20(27)19-8-6-17(7-9-19)18-10-12-24-13-11-18/h6-13H,14-16H2,1-5H3. The molecule has 0 bridgehead atoms. The Morgan fingerprint density at radius 2 is 1.55 bits per heavy atom. The van der Waals surface area contributed by atoms with Gasteiger partial charge in [0, 0.05) is 37.6 Å². The Balaban J connectivity index is 1.71. The zero-order valence-corrected chi connectivity index (χ0v) is 17.8. The summed E-state index contributed by atoms with van der Waals surface area (Å²) in [7, 11) is 0. The molecule has 6 nitrogen and oxygen atoms in total. The zero-order chi connectivity index (χ0) is 21.2. The molecule has 1 aliphatic rings. The molecule has 0 saturated carbocycles. The maximum absolute atomic E-state index is 13.1. The molecule has 0 spiro atoms. The summed E-state index contributed by atoms with van der Waals surface area (Å²) in [5, 5.41) is 0. The third-order valence-electron chi connectivity index (χ3n) is 4.94. The predicted octanol–water partition coefficient (Wildman–Crippen LogP) is 4.22. The van der Waals surface area contributed by atoms with Crippen LogP contribution in [0.25, 0.3) is 11.1 Å². The highest BCUT2D eigenvalue weighted by Gasteiger charge is 2.39. The van der Waals surface area contributed by atoms with E-state index < -0.39 is 11.1 Å². The summed E-state index contributed by atoms with van der Waals surface area (Å²) in [5.41, 5.74) is 1.71. The highest BCUT2D eigenvalue weighted by atomic mass is 16.6. The summed E-state index contributed by atoms with van der Waals surface area (Å²) in [6.07, 6.45) is 3.17. The van der Waals surface area contributed by atoms with Gasteiger partial charge in [-0.25, -0.2) is 4.79 Å². The first-order chi connectivity index (χ1) is 13.6. The number of piperazine rings is 1. The lowest BCUT2D eigenvalue weighted by molar-refractivity contribution is -0.0108. The Hall–Kier alpha value is -2.89. The van der Waals surface area contributed by atoms with Gasteiger partial charge in [0.15, 0.2) is 0 Å². The van der Waals surface area contributed by atoms with Crippen LogP contribution in [0.1, 0.15) is 45.0 Å². The molecule has 6 heteroatoms. The third kappa shape index (κ3) is 4.94. The molecule has 1 aliphatic heterocycles. The lowest BCUT2D eigenvalue weighted by Gasteiger charge is -2.47. The molecule has 154 valence electrons. The van der Waals surface area contributed by atoms with Gasteiger partial charge in [0.05, 0.1) is 5.54 Å². The van der Waals surface area contributed by atoms with E-state index in [1.165, 1.54) is 0 Å². The van der Waals surface area contributed by atoms with Crippen LogP contribution >= 0.6 is 0 Å². The second-order valence-corrected chi connectivity index (χ2v) is 8.98. The quantitative estimate of drug-likeness (QED) is 0.764. The summed E-state index contributed by atoms with van der Waals surface area (Å²) in [5.74, 6) is -0.0277. The molecule has 2 heterocycles. The van der Waals surface area contributed by atoms with Crippen LogP contribution in [0.5, 0.6) is 0 Å². The average molecular weight is 396 g/mol. The van der Waals surface area contributed by atoms with Crippen LogP contribution in [0.2, 0.25) is 0 Å². The smallest absolute Gasteiger partial charge is 0.410 e. The van der Waals surface area contributed by atoms with E-state index in [-0.39, 0.29) is 12.0 Å². The van der Waals surface area contributed by atoms with Crippen molar-refractivity contribution >= 4 is 12.0 Å². The van der Waals surface area contributed by atoms with E-state index in [2.05, 4.69) is 4.98 Å². The number of hydrogen-bond acceptors (Lipinski definition) is 4. The van der Waals surface area contributed by atoms with Crippen LogP contribution < -0.4 is 0 Å². The van der Waals surface area contributed by atoms with Crippen LogP contribution in [-0.2, 0) is 4.74 Å². The fourth-order valence-electron chi connectivity index (χ4n) is 3.52. The summed E-state index contributed by atoms with van der Waals surface area (Å²) >= 11 is 0. The van der Waals surface area contributed by atoms with E-state index >= 15 is 0 Å². The lowest BCUT2D eigenvalue weighted by atomic mass is 9.97. The van der Waals surface area contributed by atoms with Crippen molar-refractivity contribution in [2.75, 3.05) is 19.6 Å². The van der Waals surface area contributed by atoms with Gasteiger partial charge in [-0.2, -0.15) is 0 Å². The Morgan fingerprint density at radius 1 is 0.966 bits per heavy atom. The summed E-state index contributed by atoms with van der Waals surface area (Å²) < 4.78 is 5.49. The van der Waals surface area contributed by atoms with Crippen molar-refractivity contribution in [3.8, 4) is 11.1 Å². The Morgan fingerprint density at radius 3 is 2.10 bits per heavy atom. The molecular formula is C23H29N3O3. The van der Waals surface area contributed by atoms with E-state index in [4.69, 9.17) is 4.74 Å².